The molecule has 0 fully saturated rings. The lowest BCUT2D eigenvalue weighted by Crippen LogP contribution is -2.24. The predicted octanol–water partition coefficient (Wildman–Crippen LogP) is 1.96. The van der Waals surface area contributed by atoms with Gasteiger partial charge in [-0.3, -0.25) is 4.79 Å². The van der Waals surface area contributed by atoms with Crippen molar-refractivity contribution in [2.24, 2.45) is 0 Å². The summed E-state index contributed by atoms with van der Waals surface area (Å²) in [5, 5.41) is 3.19. The molecular formula is C13H19N3O. The maximum atomic E-state index is 12.0. The number of nitrogens with two attached hydrogens (primary N) is 1. The normalized spacial score (nSPS) is 11.7. The van der Waals surface area contributed by atoms with Gasteiger partial charge in [-0.25, -0.2) is 0 Å². The molecule has 1 aromatic rings. The van der Waals surface area contributed by atoms with Gasteiger partial charge in [0.2, 0.25) is 0 Å². The van der Waals surface area contributed by atoms with Crippen molar-refractivity contribution in [2.75, 3.05) is 25.1 Å². The Morgan fingerprint density at radius 3 is 2.71 bits per heavy atom. The van der Waals surface area contributed by atoms with E-state index in [9.17, 15) is 4.79 Å². The molecule has 0 aliphatic rings. The van der Waals surface area contributed by atoms with Crippen LogP contribution in [0.3, 0.4) is 0 Å². The molecule has 0 radical (unpaired) electrons. The SMILES string of the molecule is C=CC(C)Nc1cc(N)ccc1C(=O)N(C)C. The highest BCUT2D eigenvalue weighted by Gasteiger charge is 2.14. The second kappa shape index (κ2) is 5.39. The molecule has 1 atom stereocenters. The number of nitrogens with zero attached hydrogens (tertiary/aromatic N) is 1. The Labute approximate surface area is 102 Å². The summed E-state index contributed by atoms with van der Waals surface area (Å²) in [5.74, 6) is -0.0521. The minimum atomic E-state index is -0.0521. The largest absolute Gasteiger partial charge is 0.399 e. The number of hydrogen-bond acceptors (Lipinski definition) is 3. The molecule has 1 aromatic carbocycles. The van der Waals surface area contributed by atoms with E-state index in [0.29, 0.717) is 11.3 Å². The van der Waals surface area contributed by atoms with Crippen molar-refractivity contribution in [1.29, 1.82) is 0 Å². The zero-order valence-corrected chi connectivity index (χ0v) is 10.5. The predicted molar refractivity (Wildman–Crippen MR) is 72.2 cm³/mol. The van der Waals surface area contributed by atoms with Crippen LogP contribution in [0.2, 0.25) is 0 Å². The van der Waals surface area contributed by atoms with E-state index in [4.69, 9.17) is 5.73 Å². The third kappa shape index (κ3) is 3.24. The van der Waals surface area contributed by atoms with Gasteiger partial charge in [0.25, 0.3) is 5.91 Å². The van der Waals surface area contributed by atoms with Gasteiger partial charge in [0.05, 0.1) is 5.56 Å². The van der Waals surface area contributed by atoms with E-state index < -0.39 is 0 Å². The van der Waals surface area contributed by atoms with Gasteiger partial charge in [-0.05, 0) is 25.1 Å². The van der Waals surface area contributed by atoms with E-state index in [1.807, 2.05) is 6.92 Å². The first kappa shape index (κ1) is 13.1. The summed E-state index contributed by atoms with van der Waals surface area (Å²) in [7, 11) is 3.44. The third-order valence-corrected chi connectivity index (χ3v) is 2.42. The van der Waals surface area contributed by atoms with E-state index in [2.05, 4.69) is 11.9 Å². The molecule has 0 spiro atoms. The first-order valence-electron chi connectivity index (χ1n) is 5.46. The summed E-state index contributed by atoms with van der Waals surface area (Å²) in [4.78, 5) is 13.5. The number of hydrogen-bond donors (Lipinski definition) is 2. The summed E-state index contributed by atoms with van der Waals surface area (Å²) >= 11 is 0. The van der Waals surface area contributed by atoms with Crippen molar-refractivity contribution < 1.29 is 4.79 Å². The van der Waals surface area contributed by atoms with Crippen LogP contribution in [-0.4, -0.2) is 30.9 Å². The van der Waals surface area contributed by atoms with Crippen LogP contribution in [0.1, 0.15) is 17.3 Å². The van der Waals surface area contributed by atoms with Gasteiger partial charge in [0, 0.05) is 31.5 Å². The van der Waals surface area contributed by atoms with Crippen LogP contribution in [0.15, 0.2) is 30.9 Å². The first-order valence-corrected chi connectivity index (χ1v) is 5.46. The molecule has 4 nitrogen and oxygen atoms in total. The average Bonchev–Trinajstić information content (AvgIpc) is 2.28. The van der Waals surface area contributed by atoms with E-state index in [0.717, 1.165) is 5.69 Å². The fourth-order valence-corrected chi connectivity index (χ4v) is 1.41. The number of carbonyl (C=O) groups excluding carboxylic acids is 1. The Balaban J connectivity index is 3.12. The maximum absolute atomic E-state index is 12.0. The molecule has 3 N–H and O–H groups in total. The molecule has 4 heteroatoms. The smallest absolute Gasteiger partial charge is 0.255 e. The molecular weight excluding hydrogens is 214 g/mol. The fraction of sp³-hybridized carbons (Fsp3) is 0.308. The molecule has 0 aromatic heterocycles. The van der Waals surface area contributed by atoms with Crippen molar-refractivity contribution in [3.8, 4) is 0 Å². The van der Waals surface area contributed by atoms with Gasteiger partial charge in [-0.15, -0.1) is 6.58 Å². The lowest BCUT2D eigenvalue weighted by Gasteiger charge is -2.18. The van der Waals surface area contributed by atoms with Crippen molar-refractivity contribution in [2.45, 2.75) is 13.0 Å². The molecule has 0 heterocycles. The Morgan fingerprint density at radius 1 is 1.53 bits per heavy atom. The summed E-state index contributed by atoms with van der Waals surface area (Å²) < 4.78 is 0. The highest BCUT2D eigenvalue weighted by Crippen LogP contribution is 2.21. The van der Waals surface area contributed by atoms with Crippen LogP contribution in [0.25, 0.3) is 0 Å². The molecule has 0 bridgehead atoms. The highest BCUT2D eigenvalue weighted by molar-refractivity contribution is 6.00. The second-order valence-electron chi connectivity index (χ2n) is 4.17. The monoisotopic (exact) mass is 233 g/mol. The van der Waals surface area contributed by atoms with Gasteiger partial charge in [-0.1, -0.05) is 6.08 Å². The van der Waals surface area contributed by atoms with Crippen LogP contribution < -0.4 is 11.1 Å². The van der Waals surface area contributed by atoms with Crippen molar-refractivity contribution in [1.82, 2.24) is 4.90 Å². The Hall–Kier alpha value is -1.97. The molecule has 92 valence electrons. The quantitative estimate of drug-likeness (QED) is 0.617. The van der Waals surface area contributed by atoms with Crippen LogP contribution in [0.4, 0.5) is 11.4 Å². The highest BCUT2D eigenvalue weighted by atomic mass is 16.2. The lowest BCUT2D eigenvalue weighted by atomic mass is 10.1. The summed E-state index contributed by atoms with van der Waals surface area (Å²) in [5.41, 5.74) is 7.70. The minimum Gasteiger partial charge on any atom is -0.399 e. The maximum Gasteiger partial charge on any atom is 0.255 e. The van der Waals surface area contributed by atoms with E-state index in [1.165, 1.54) is 4.90 Å². The Bertz CT molecular complexity index is 427. The molecule has 1 rings (SSSR count). The summed E-state index contributed by atoms with van der Waals surface area (Å²) in [6, 6.07) is 5.29. The van der Waals surface area contributed by atoms with Crippen LogP contribution in [0.5, 0.6) is 0 Å². The number of rotatable bonds is 4. The molecule has 0 aliphatic heterocycles. The number of nitrogens with one attached hydrogen (secondary N) is 1. The number of benzene rings is 1. The number of carbonyl (C=O) groups is 1. The molecule has 1 unspecified atom stereocenters. The minimum absolute atomic E-state index is 0.0521. The standard InChI is InChI=1S/C13H19N3O/c1-5-9(2)15-12-8-10(14)6-7-11(12)13(17)16(3)4/h5-9,15H,1,14H2,2-4H3. The lowest BCUT2D eigenvalue weighted by molar-refractivity contribution is 0.0828. The van der Waals surface area contributed by atoms with Gasteiger partial charge >= 0.3 is 0 Å². The molecule has 0 saturated heterocycles. The van der Waals surface area contributed by atoms with Gasteiger partial charge in [0.15, 0.2) is 0 Å². The molecule has 1 amide bonds. The Kier molecular flexibility index (Phi) is 4.15. The van der Waals surface area contributed by atoms with E-state index >= 15 is 0 Å². The topological polar surface area (TPSA) is 58.4 Å². The number of amides is 1. The number of anilines is 2. The number of nitrogen functional groups attached to an aromatic ring is 1. The first-order chi connectivity index (χ1) is 7.95. The van der Waals surface area contributed by atoms with Gasteiger partial charge < -0.3 is 16.0 Å². The summed E-state index contributed by atoms with van der Waals surface area (Å²) in [6.45, 7) is 5.66. The third-order valence-electron chi connectivity index (χ3n) is 2.42. The molecule has 0 aliphatic carbocycles. The van der Waals surface area contributed by atoms with Crippen molar-refractivity contribution in [3.63, 3.8) is 0 Å². The summed E-state index contributed by atoms with van der Waals surface area (Å²) in [6.07, 6.45) is 1.77. The fourth-order valence-electron chi connectivity index (χ4n) is 1.41. The van der Waals surface area contributed by atoms with Crippen LogP contribution in [0, 0.1) is 0 Å². The van der Waals surface area contributed by atoms with Gasteiger partial charge in [-0.2, -0.15) is 0 Å². The second-order valence-corrected chi connectivity index (χ2v) is 4.17. The van der Waals surface area contributed by atoms with Gasteiger partial charge in [0.1, 0.15) is 0 Å². The zero-order chi connectivity index (χ0) is 13.0. The Morgan fingerprint density at radius 2 is 2.18 bits per heavy atom. The molecule has 0 saturated carbocycles. The zero-order valence-electron chi connectivity index (χ0n) is 10.5. The van der Waals surface area contributed by atoms with Crippen molar-refractivity contribution >= 4 is 17.3 Å². The van der Waals surface area contributed by atoms with Crippen LogP contribution in [-0.2, 0) is 0 Å². The van der Waals surface area contributed by atoms with E-state index in [-0.39, 0.29) is 11.9 Å². The van der Waals surface area contributed by atoms with Crippen LogP contribution >= 0.6 is 0 Å². The van der Waals surface area contributed by atoms with E-state index in [1.54, 1.807) is 38.4 Å². The van der Waals surface area contributed by atoms with Crippen molar-refractivity contribution in [3.05, 3.63) is 36.4 Å². The molecule has 17 heavy (non-hydrogen) atoms. The average molecular weight is 233 g/mol.